The predicted molar refractivity (Wildman–Crippen MR) is 276 cm³/mol. The van der Waals surface area contributed by atoms with Crippen LogP contribution in [-0.2, 0) is 22.9 Å². The first-order chi connectivity index (χ1) is 27.8. The summed E-state index contributed by atoms with van der Waals surface area (Å²) in [5, 5.41) is 10.0. The van der Waals surface area contributed by atoms with Crippen molar-refractivity contribution in [1.82, 2.24) is 4.98 Å². The standard InChI is InChI=1S/C51H93NO6Si4/c1-38(32-33-43(56-60(18,19)48(4,5)6)40(3)36-41-30-24-25-34-52-41)28-26-29-39(2)46(58-62(22,23)50(10,11)12)42(31-27-35-59(15,16)17)47(55)51(13,14)44(37-45(53)54)57-61(20,21)49(7,8)9/h24-25,30,32,34,36,39,42-44,46H,26,28-29,31,33,37H2,1-23H3,(H,53,54)/b38-32-,40-36+/t39-,42+,43-,44-,46-/m0/s1. The normalized spacial score (nSPS) is 16.8. The van der Waals surface area contributed by atoms with Crippen molar-refractivity contribution in [3.8, 4) is 11.5 Å². The van der Waals surface area contributed by atoms with Crippen LogP contribution in [0.5, 0.6) is 0 Å². The van der Waals surface area contributed by atoms with Gasteiger partial charge in [-0.1, -0.05) is 120 Å². The molecule has 1 heterocycles. The third-order valence-electron chi connectivity index (χ3n) is 14.1. The van der Waals surface area contributed by atoms with Gasteiger partial charge in [-0.05, 0) is 124 Å². The van der Waals surface area contributed by atoms with Crippen molar-refractivity contribution in [2.24, 2.45) is 17.3 Å². The minimum Gasteiger partial charge on any atom is -0.481 e. The minimum atomic E-state index is -2.45. The van der Waals surface area contributed by atoms with Crippen LogP contribution in [0.15, 0.2) is 41.6 Å². The number of carbonyl (C=O) groups is 2. The molecule has 0 aliphatic rings. The summed E-state index contributed by atoms with van der Waals surface area (Å²) in [6.45, 7) is 50.5. The maximum atomic E-state index is 15.4. The number of hydrogen-bond donors (Lipinski definition) is 1. The van der Waals surface area contributed by atoms with Gasteiger partial charge in [-0.15, -0.1) is 11.5 Å². The van der Waals surface area contributed by atoms with Gasteiger partial charge in [0.1, 0.15) is 13.9 Å². The van der Waals surface area contributed by atoms with Crippen LogP contribution < -0.4 is 0 Å². The fourth-order valence-corrected chi connectivity index (χ4v) is 11.4. The fraction of sp³-hybridized carbons (Fsp3) is 0.745. The molecule has 62 heavy (non-hydrogen) atoms. The van der Waals surface area contributed by atoms with Crippen LogP contribution in [0.4, 0.5) is 0 Å². The Kier molecular flexibility index (Phi) is 21.1. The molecule has 0 fully saturated rings. The molecule has 1 aromatic rings. The van der Waals surface area contributed by atoms with Crippen molar-refractivity contribution < 1.29 is 28.0 Å². The van der Waals surface area contributed by atoms with Crippen molar-refractivity contribution in [1.29, 1.82) is 0 Å². The predicted octanol–water partition coefficient (Wildman–Crippen LogP) is 14.8. The van der Waals surface area contributed by atoms with Crippen LogP contribution in [0.1, 0.15) is 141 Å². The van der Waals surface area contributed by atoms with Crippen molar-refractivity contribution in [3.63, 3.8) is 0 Å². The first kappa shape index (κ1) is 58.1. The van der Waals surface area contributed by atoms with E-state index in [9.17, 15) is 9.90 Å². The molecule has 0 aliphatic heterocycles. The molecule has 0 aliphatic carbocycles. The maximum Gasteiger partial charge on any atom is 0.305 e. The average Bonchev–Trinajstić information content (AvgIpc) is 3.08. The van der Waals surface area contributed by atoms with E-state index >= 15 is 4.79 Å². The maximum absolute atomic E-state index is 15.4. The lowest BCUT2D eigenvalue weighted by Gasteiger charge is -2.46. The smallest absolute Gasteiger partial charge is 0.305 e. The number of carboxylic acid groups (broad SMARTS) is 1. The topological polar surface area (TPSA) is 95.0 Å². The van der Waals surface area contributed by atoms with Gasteiger partial charge in [-0.3, -0.25) is 14.6 Å². The number of nitrogens with zero attached hydrogens (tertiary/aromatic N) is 1. The van der Waals surface area contributed by atoms with Crippen LogP contribution in [0.25, 0.3) is 6.08 Å². The van der Waals surface area contributed by atoms with Crippen LogP contribution in [0, 0.1) is 28.7 Å². The summed E-state index contributed by atoms with van der Waals surface area (Å²) in [7, 11) is -8.67. The number of ketones is 1. The quantitative estimate of drug-likeness (QED) is 0.0703. The highest BCUT2D eigenvalue weighted by Crippen LogP contribution is 2.45. The van der Waals surface area contributed by atoms with E-state index in [1.807, 2.05) is 38.2 Å². The molecule has 1 N–H and O–H groups in total. The van der Waals surface area contributed by atoms with Gasteiger partial charge in [-0.25, -0.2) is 0 Å². The van der Waals surface area contributed by atoms with E-state index in [1.54, 1.807) is 0 Å². The molecule has 1 rings (SSSR count). The van der Waals surface area contributed by atoms with Gasteiger partial charge in [0.25, 0.3) is 0 Å². The average molecular weight is 929 g/mol. The van der Waals surface area contributed by atoms with Gasteiger partial charge in [0.2, 0.25) is 0 Å². The second-order valence-electron chi connectivity index (χ2n) is 24.4. The molecule has 1 aromatic heterocycles. The summed E-state index contributed by atoms with van der Waals surface area (Å²) in [4.78, 5) is 32.4. The van der Waals surface area contributed by atoms with Crippen molar-refractivity contribution in [2.45, 2.75) is 228 Å². The summed E-state index contributed by atoms with van der Waals surface area (Å²) in [6, 6.07) is 5.99. The van der Waals surface area contributed by atoms with Gasteiger partial charge in [0, 0.05) is 18.0 Å². The van der Waals surface area contributed by atoms with E-state index in [0.717, 1.165) is 31.4 Å². The third kappa shape index (κ3) is 18.2. The summed E-state index contributed by atoms with van der Waals surface area (Å²) in [5.74, 6) is 2.02. The molecule has 5 atom stereocenters. The summed E-state index contributed by atoms with van der Waals surface area (Å²) in [5.41, 5.74) is 5.87. The SMILES string of the molecule is C/C(=C/C[C@H](O[Si](C)(C)C(C)(C)C)/C(C)=C/c1ccccn1)CCC[C@H](C)[C@H](O[Si](C)(C)C(C)(C)C)[C@@H](CC#C[Si](C)(C)C)C(=O)C(C)(C)[C@H](CC(=O)O)O[Si](C)(C)C(C)(C)C. The Labute approximate surface area is 385 Å². The van der Waals surface area contributed by atoms with Crippen LogP contribution in [0.2, 0.25) is 74.0 Å². The van der Waals surface area contributed by atoms with E-state index in [1.165, 1.54) is 11.1 Å². The summed E-state index contributed by atoms with van der Waals surface area (Å²) in [6.07, 6.45) is 8.77. The molecule has 354 valence electrons. The van der Waals surface area contributed by atoms with E-state index < -0.39 is 56.4 Å². The van der Waals surface area contributed by atoms with Gasteiger partial charge in [0.15, 0.2) is 25.0 Å². The largest absolute Gasteiger partial charge is 0.481 e. The lowest BCUT2D eigenvalue weighted by atomic mass is 9.71. The summed E-state index contributed by atoms with van der Waals surface area (Å²) >= 11 is 0. The van der Waals surface area contributed by atoms with Gasteiger partial charge < -0.3 is 18.4 Å². The Bertz CT molecular complexity index is 1730. The first-order valence-corrected chi connectivity index (χ1v) is 35.5. The summed E-state index contributed by atoms with van der Waals surface area (Å²) < 4.78 is 21.3. The number of aliphatic carboxylic acids is 1. The fourth-order valence-electron chi connectivity index (χ4n) is 6.59. The molecule has 0 unspecified atom stereocenters. The van der Waals surface area contributed by atoms with Crippen molar-refractivity contribution in [2.75, 3.05) is 0 Å². The van der Waals surface area contributed by atoms with Gasteiger partial charge in [-0.2, -0.15) is 0 Å². The minimum absolute atomic E-state index is 0.0131. The van der Waals surface area contributed by atoms with E-state index in [0.29, 0.717) is 6.42 Å². The zero-order valence-corrected chi connectivity index (χ0v) is 48.0. The van der Waals surface area contributed by atoms with Crippen LogP contribution >= 0.6 is 0 Å². The highest BCUT2D eigenvalue weighted by atomic mass is 28.4. The molecule has 0 saturated heterocycles. The number of allylic oxidation sites excluding steroid dienone is 1. The molecule has 0 radical (unpaired) electrons. The Morgan fingerprint density at radius 2 is 1.31 bits per heavy atom. The molecule has 11 heteroatoms. The molecule has 0 saturated carbocycles. The number of hydrogen-bond acceptors (Lipinski definition) is 6. The number of carboxylic acids is 1. The van der Waals surface area contributed by atoms with Gasteiger partial charge >= 0.3 is 5.97 Å². The Balaban J connectivity index is 3.70. The number of Topliss-reactive ketones (excluding diaryl/α,β-unsaturated/α-hetero) is 1. The lowest BCUT2D eigenvalue weighted by Crippen LogP contribution is -2.55. The van der Waals surface area contributed by atoms with Crippen molar-refractivity contribution in [3.05, 3.63) is 47.3 Å². The highest BCUT2D eigenvalue weighted by Gasteiger charge is 2.51. The van der Waals surface area contributed by atoms with E-state index in [2.05, 4.69) is 171 Å². The van der Waals surface area contributed by atoms with Gasteiger partial charge in [0.05, 0.1) is 36.3 Å². The Morgan fingerprint density at radius 3 is 1.77 bits per heavy atom. The van der Waals surface area contributed by atoms with Crippen LogP contribution in [-0.4, -0.2) is 73.2 Å². The lowest BCUT2D eigenvalue weighted by molar-refractivity contribution is -0.146. The zero-order chi connectivity index (χ0) is 48.5. The Morgan fingerprint density at radius 1 is 0.790 bits per heavy atom. The van der Waals surface area contributed by atoms with Crippen molar-refractivity contribution >= 4 is 50.9 Å². The molecular weight excluding hydrogens is 835 g/mol. The monoisotopic (exact) mass is 928 g/mol. The second kappa shape index (κ2) is 22.5. The first-order valence-electron chi connectivity index (χ1n) is 23.3. The number of pyridine rings is 1. The molecule has 0 aromatic carbocycles. The number of carbonyl (C=O) groups excluding carboxylic acids is 1. The van der Waals surface area contributed by atoms with E-state index in [-0.39, 0.29) is 45.4 Å². The molecule has 0 amide bonds. The molecule has 0 spiro atoms. The number of rotatable bonds is 22. The Hall–Kier alpha value is -1.92. The molecule has 0 bridgehead atoms. The third-order valence-corrected chi connectivity index (χ3v) is 28.5. The number of aromatic nitrogens is 1. The highest BCUT2D eigenvalue weighted by molar-refractivity contribution is 6.83. The van der Waals surface area contributed by atoms with Crippen LogP contribution in [0.3, 0.4) is 0 Å². The zero-order valence-electron chi connectivity index (χ0n) is 44.0. The second-order valence-corrected chi connectivity index (χ2v) is 43.4. The molecule has 7 nitrogen and oxygen atoms in total. The van der Waals surface area contributed by atoms with E-state index in [4.69, 9.17) is 13.3 Å². The molecular formula is C51H93NO6Si4.